The van der Waals surface area contributed by atoms with Gasteiger partial charge in [0.2, 0.25) is 0 Å². The molecule has 13 heavy (non-hydrogen) atoms. The number of halogens is 1. The maximum Gasteiger partial charge on any atom is 0.307 e. The van der Waals surface area contributed by atoms with Gasteiger partial charge in [0.1, 0.15) is 0 Å². The molecule has 1 aromatic rings. The Hall–Kier alpha value is -1.35. The molecule has 1 N–H and O–H groups in total. The Morgan fingerprint density at radius 1 is 1.31 bits per heavy atom. The first-order valence-corrected chi connectivity index (χ1v) is 3.98. The molecule has 0 unspecified atom stereocenters. The zero-order valence-electron chi connectivity index (χ0n) is 6.66. The average molecular weight is 199 g/mol. The van der Waals surface area contributed by atoms with Gasteiger partial charge >= 0.3 is 5.97 Å². The van der Waals surface area contributed by atoms with Crippen molar-refractivity contribution in [2.45, 2.75) is 6.42 Å². The molecule has 3 nitrogen and oxygen atoms in total. The third-order valence-electron chi connectivity index (χ3n) is 1.57. The number of carbonyl (C=O) groups is 2. The second-order valence-electron chi connectivity index (χ2n) is 2.50. The van der Waals surface area contributed by atoms with Crippen molar-refractivity contribution < 1.29 is 14.7 Å². The van der Waals surface area contributed by atoms with Crippen LogP contribution in [0.3, 0.4) is 0 Å². The van der Waals surface area contributed by atoms with Gasteiger partial charge in [-0.15, -0.1) is 0 Å². The van der Waals surface area contributed by atoms with Gasteiger partial charge in [0, 0.05) is 5.56 Å². The van der Waals surface area contributed by atoms with Crippen molar-refractivity contribution >= 4 is 22.8 Å². The molecule has 0 saturated heterocycles. The van der Waals surface area contributed by atoms with E-state index in [1.54, 1.807) is 18.2 Å². The number of hydrogen-bond donors (Lipinski definition) is 1. The van der Waals surface area contributed by atoms with Crippen LogP contribution in [0.1, 0.15) is 15.9 Å². The number of carbonyl (C=O) groups excluding carboxylic acids is 1. The van der Waals surface area contributed by atoms with Gasteiger partial charge in [0.05, 0.1) is 6.42 Å². The Morgan fingerprint density at radius 3 is 2.46 bits per heavy atom. The van der Waals surface area contributed by atoms with Crippen LogP contribution in [0.4, 0.5) is 0 Å². The maximum absolute atomic E-state index is 10.8. The van der Waals surface area contributed by atoms with E-state index >= 15 is 0 Å². The van der Waals surface area contributed by atoms with Crippen molar-refractivity contribution in [3.63, 3.8) is 0 Å². The van der Waals surface area contributed by atoms with E-state index in [9.17, 15) is 9.59 Å². The number of aliphatic carboxylic acids is 1. The number of carboxylic acid groups (broad SMARTS) is 1. The monoisotopic (exact) mass is 198 g/mol. The van der Waals surface area contributed by atoms with Crippen molar-refractivity contribution in [2.24, 2.45) is 0 Å². The highest BCUT2D eigenvalue weighted by Crippen LogP contribution is 2.11. The lowest BCUT2D eigenvalue weighted by molar-refractivity contribution is -0.136. The molecule has 0 spiro atoms. The van der Waals surface area contributed by atoms with E-state index in [0.717, 1.165) is 0 Å². The molecule has 1 rings (SSSR count). The third kappa shape index (κ3) is 2.56. The summed E-state index contributed by atoms with van der Waals surface area (Å²) in [5.74, 6) is -0.981. The highest BCUT2D eigenvalue weighted by molar-refractivity contribution is 6.67. The molecule has 4 heteroatoms. The summed E-state index contributed by atoms with van der Waals surface area (Å²) in [6, 6.07) is 6.39. The zero-order chi connectivity index (χ0) is 9.84. The van der Waals surface area contributed by atoms with Crippen LogP contribution in [0.2, 0.25) is 0 Å². The van der Waals surface area contributed by atoms with Crippen LogP contribution in [-0.4, -0.2) is 16.3 Å². The Kier molecular flexibility index (Phi) is 3.03. The van der Waals surface area contributed by atoms with E-state index in [1.807, 2.05) is 0 Å². The van der Waals surface area contributed by atoms with Gasteiger partial charge in [-0.25, -0.2) is 0 Å². The molecule has 0 saturated carbocycles. The predicted octanol–water partition coefficient (Wildman–Crippen LogP) is 1.69. The first-order chi connectivity index (χ1) is 6.11. The minimum absolute atomic E-state index is 0.186. The number of benzene rings is 1. The Bertz CT molecular complexity index is 346. The van der Waals surface area contributed by atoms with Gasteiger partial charge in [-0.3, -0.25) is 9.59 Å². The highest BCUT2D eigenvalue weighted by Gasteiger charge is 2.10. The topological polar surface area (TPSA) is 54.4 Å². The standard InChI is InChI=1S/C9H7ClO3/c10-9(13)7-4-2-1-3-6(7)5-8(11)12/h1-4H,5H2,(H,11,12). The summed E-state index contributed by atoms with van der Waals surface area (Å²) < 4.78 is 0. The van der Waals surface area contributed by atoms with E-state index in [1.165, 1.54) is 6.07 Å². The van der Waals surface area contributed by atoms with Gasteiger partial charge in [-0.05, 0) is 23.2 Å². The molecule has 0 bridgehead atoms. The molecule has 1 aromatic carbocycles. The smallest absolute Gasteiger partial charge is 0.307 e. The lowest BCUT2D eigenvalue weighted by Gasteiger charge is -2.01. The summed E-state index contributed by atoms with van der Waals surface area (Å²) in [6.45, 7) is 0. The Balaban J connectivity index is 3.04. The minimum atomic E-state index is -0.981. The van der Waals surface area contributed by atoms with Gasteiger partial charge in [0.25, 0.3) is 5.24 Å². The summed E-state index contributed by atoms with van der Waals surface area (Å²) in [6.07, 6.45) is -0.186. The number of carboxylic acids is 1. The van der Waals surface area contributed by atoms with Crippen LogP contribution in [0.25, 0.3) is 0 Å². The van der Waals surface area contributed by atoms with Crippen LogP contribution in [0, 0.1) is 0 Å². The van der Waals surface area contributed by atoms with Gasteiger partial charge in [-0.2, -0.15) is 0 Å². The molecular formula is C9H7ClO3. The number of hydrogen-bond acceptors (Lipinski definition) is 2. The van der Waals surface area contributed by atoms with Crippen LogP contribution in [0.5, 0.6) is 0 Å². The van der Waals surface area contributed by atoms with E-state index in [2.05, 4.69) is 0 Å². The molecule has 0 heterocycles. The molecular weight excluding hydrogens is 192 g/mol. The lowest BCUT2D eigenvalue weighted by Crippen LogP contribution is -2.04. The minimum Gasteiger partial charge on any atom is -0.481 e. The molecule has 68 valence electrons. The fourth-order valence-corrected chi connectivity index (χ4v) is 1.21. The predicted molar refractivity (Wildman–Crippen MR) is 48.0 cm³/mol. The number of rotatable bonds is 3. The summed E-state index contributed by atoms with van der Waals surface area (Å²) in [4.78, 5) is 21.2. The van der Waals surface area contributed by atoms with Crippen molar-refractivity contribution in [1.29, 1.82) is 0 Å². The fraction of sp³-hybridized carbons (Fsp3) is 0.111. The van der Waals surface area contributed by atoms with Crippen LogP contribution in [0.15, 0.2) is 24.3 Å². The van der Waals surface area contributed by atoms with Crippen molar-refractivity contribution in [2.75, 3.05) is 0 Å². The first-order valence-electron chi connectivity index (χ1n) is 3.61. The zero-order valence-corrected chi connectivity index (χ0v) is 7.41. The fourth-order valence-electron chi connectivity index (χ4n) is 1.03. The first kappa shape index (κ1) is 9.74. The van der Waals surface area contributed by atoms with Gasteiger partial charge < -0.3 is 5.11 Å². The largest absolute Gasteiger partial charge is 0.481 e. The summed E-state index contributed by atoms with van der Waals surface area (Å²) in [5, 5.41) is 7.89. The van der Waals surface area contributed by atoms with Gasteiger partial charge in [-0.1, -0.05) is 18.2 Å². The summed E-state index contributed by atoms with van der Waals surface area (Å²) in [7, 11) is 0. The normalized spacial score (nSPS) is 9.62. The summed E-state index contributed by atoms with van der Waals surface area (Å²) >= 11 is 5.26. The van der Waals surface area contributed by atoms with Crippen LogP contribution in [-0.2, 0) is 11.2 Å². The van der Waals surface area contributed by atoms with Crippen molar-refractivity contribution in [1.82, 2.24) is 0 Å². The molecule has 0 amide bonds. The highest BCUT2D eigenvalue weighted by atomic mass is 35.5. The molecule has 0 aromatic heterocycles. The van der Waals surface area contributed by atoms with E-state index in [-0.39, 0.29) is 12.0 Å². The molecule has 0 aliphatic carbocycles. The second kappa shape index (κ2) is 4.05. The molecule has 0 fully saturated rings. The lowest BCUT2D eigenvalue weighted by atomic mass is 10.1. The van der Waals surface area contributed by atoms with Crippen LogP contribution < -0.4 is 0 Å². The van der Waals surface area contributed by atoms with E-state index in [0.29, 0.717) is 5.56 Å². The van der Waals surface area contributed by atoms with E-state index in [4.69, 9.17) is 16.7 Å². The van der Waals surface area contributed by atoms with Crippen molar-refractivity contribution in [3.05, 3.63) is 35.4 Å². The summed E-state index contributed by atoms with van der Waals surface area (Å²) in [5.41, 5.74) is 0.696. The average Bonchev–Trinajstić information content (AvgIpc) is 2.03. The maximum atomic E-state index is 10.8. The van der Waals surface area contributed by atoms with E-state index < -0.39 is 11.2 Å². The van der Waals surface area contributed by atoms with Crippen LogP contribution >= 0.6 is 11.6 Å². The SMILES string of the molecule is O=C(O)Cc1ccccc1C(=O)Cl. The molecule has 0 atom stereocenters. The van der Waals surface area contributed by atoms with Gasteiger partial charge in [0.15, 0.2) is 0 Å². The Labute approximate surface area is 79.9 Å². The Morgan fingerprint density at radius 2 is 1.92 bits per heavy atom. The molecule has 0 aliphatic heterocycles. The quantitative estimate of drug-likeness (QED) is 0.752. The molecule has 0 radical (unpaired) electrons. The third-order valence-corrected chi connectivity index (χ3v) is 1.77. The van der Waals surface area contributed by atoms with Crippen molar-refractivity contribution in [3.8, 4) is 0 Å². The molecule has 0 aliphatic rings. The second-order valence-corrected chi connectivity index (χ2v) is 2.84.